The van der Waals surface area contributed by atoms with Crippen LogP contribution in [0.1, 0.15) is 0 Å². The molecule has 0 saturated heterocycles. The van der Waals surface area contributed by atoms with Gasteiger partial charge in [0.05, 0.1) is 0 Å². The summed E-state index contributed by atoms with van der Waals surface area (Å²) >= 11 is -1.11. The third-order valence-electron chi connectivity index (χ3n) is 0. The van der Waals surface area contributed by atoms with Crippen LogP contribution in [0.15, 0.2) is 0 Å². The zero-order chi connectivity index (χ0) is 4.50. The van der Waals surface area contributed by atoms with Crippen molar-refractivity contribution in [3.05, 3.63) is 0 Å². The molecule has 0 aromatic rings. The van der Waals surface area contributed by atoms with Gasteiger partial charge in [0.1, 0.15) is 0 Å². The summed E-state index contributed by atoms with van der Waals surface area (Å²) in [6, 6.07) is 0. The van der Waals surface area contributed by atoms with E-state index in [-0.39, 0.29) is 0 Å². The summed E-state index contributed by atoms with van der Waals surface area (Å²) in [7, 11) is 0. The van der Waals surface area contributed by atoms with Gasteiger partial charge < -0.3 is 0 Å². The Balaban J connectivity index is 3.02. The normalized spacial score (nSPS) is 15.2. The SMILES string of the molecule is [CH3][Re]([CH3])([CH3])[CH3]. The third-order valence-corrected chi connectivity index (χ3v) is 0. The molecule has 1 heteroatoms. The second-order valence-electron chi connectivity index (χ2n) is 2.27. The van der Waals surface area contributed by atoms with Gasteiger partial charge in [0, 0.05) is 0 Å². The van der Waals surface area contributed by atoms with Gasteiger partial charge in [0.25, 0.3) is 0 Å². The molecule has 0 aromatic heterocycles. The molecule has 0 aliphatic heterocycles. The molecule has 0 aromatic carbocycles. The van der Waals surface area contributed by atoms with Gasteiger partial charge in [0.15, 0.2) is 0 Å². The topological polar surface area (TPSA) is 0 Å². The standard InChI is InChI=1S/4CH3.Re/h4*1H3;. The minimum absolute atomic E-state index is 1.11. The summed E-state index contributed by atoms with van der Waals surface area (Å²) in [5.74, 6) is 0. The first-order chi connectivity index (χ1) is 2.00. The average Bonchev–Trinajstić information content (AvgIpc) is 0.722. The number of rotatable bonds is 0. The van der Waals surface area contributed by atoms with Crippen LogP contribution < -0.4 is 0 Å². The molecular formula is C4H12Re. The summed E-state index contributed by atoms with van der Waals surface area (Å²) in [4.78, 5) is 0. The van der Waals surface area contributed by atoms with E-state index in [2.05, 4.69) is 21.6 Å². The van der Waals surface area contributed by atoms with Crippen molar-refractivity contribution in [1.29, 1.82) is 0 Å². The second-order valence-corrected chi connectivity index (χ2v) is 18.6. The molecule has 0 aliphatic rings. The molecule has 35 valence electrons. The van der Waals surface area contributed by atoms with Crippen molar-refractivity contribution in [2.75, 3.05) is 0 Å². The van der Waals surface area contributed by atoms with Gasteiger partial charge in [-0.25, -0.2) is 0 Å². The fourth-order valence-corrected chi connectivity index (χ4v) is 0. The van der Waals surface area contributed by atoms with Crippen LogP contribution in [0.2, 0.25) is 21.6 Å². The van der Waals surface area contributed by atoms with Crippen molar-refractivity contribution < 1.29 is 15.5 Å². The van der Waals surface area contributed by atoms with Crippen molar-refractivity contribution in [2.24, 2.45) is 0 Å². The van der Waals surface area contributed by atoms with E-state index in [4.69, 9.17) is 0 Å². The van der Waals surface area contributed by atoms with E-state index in [0.29, 0.717) is 0 Å². The Morgan fingerprint density at radius 2 is 0.800 bits per heavy atom. The van der Waals surface area contributed by atoms with E-state index in [9.17, 15) is 0 Å². The summed E-state index contributed by atoms with van der Waals surface area (Å²) < 4.78 is 0. The van der Waals surface area contributed by atoms with Crippen LogP contribution in [0.3, 0.4) is 0 Å². The molecule has 0 bridgehead atoms. The van der Waals surface area contributed by atoms with E-state index >= 15 is 0 Å². The maximum atomic E-state index is 2.39. The Morgan fingerprint density at radius 3 is 0.800 bits per heavy atom. The molecule has 0 unspecified atom stereocenters. The van der Waals surface area contributed by atoms with Crippen molar-refractivity contribution >= 4 is 0 Å². The van der Waals surface area contributed by atoms with Gasteiger partial charge in [-0.3, -0.25) is 0 Å². The van der Waals surface area contributed by atoms with Crippen LogP contribution in [0.4, 0.5) is 0 Å². The Kier molecular flexibility index (Phi) is 1.60. The van der Waals surface area contributed by atoms with Crippen molar-refractivity contribution in [3.8, 4) is 0 Å². The molecule has 0 nitrogen and oxygen atoms in total. The van der Waals surface area contributed by atoms with E-state index in [1.54, 1.807) is 0 Å². The van der Waals surface area contributed by atoms with Gasteiger partial charge >= 0.3 is 37.1 Å². The van der Waals surface area contributed by atoms with Gasteiger partial charge in [-0.15, -0.1) is 0 Å². The van der Waals surface area contributed by atoms with E-state index in [1.807, 2.05) is 0 Å². The molecule has 0 fully saturated rings. The number of hydrogen-bond acceptors (Lipinski definition) is 0. The van der Waals surface area contributed by atoms with E-state index in [0.717, 1.165) is 0 Å². The van der Waals surface area contributed by atoms with Crippen LogP contribution in [0.25, 0.3) is 0 Å². The van der Waals surface area contributed by atoms with Crippen molar-refractivity contribution in [2.45, 2.75) is 21.6 Å². The van der Waals surface area contributed by atoms with Gasteiger partial charge in [0.2, 0.25) is 0 Å². The molecule has 5 heavy (non-hydrogen) atoms. The molecular weight excluding hydrogens is 234 g/mol. The molecule has 0 atom stereocenters. The van der Waals surface area contributed by atoms with Crippen LogP contribution in [-0.4, -0.2) is 0 Å². The molecule has 0 spiro atoms. The summed E-state index contributed by atoms with van der Waals surface area (Å²) in [6.07, 6.45) is 0. The Bertz CT molecular complexity index is 19.1. The molecule has 0 saturated carbocycles. The fourth-order valence-electron chi connectivity index (χ4n) is 0. The summed E-state index contributed by atoms with van der Waals surface area (Å²) in [6.45, 7) is 0. The minimum atomic E-state index is -1.11. The van der Waals surface area contributed by atoms with Crippen LogP contribution >= 0.6 is 0 Å². The molecule has 0 aliphatic carbocycles. The third kappa shape index (κ3) is 75.3. The van der Waals surface area contributed by atoms with Gasteiger partial charge in [-0.2, -0.15) is 0 Å². The van der Waals surface area contributed by atoms with Crippen molar-refractivity contribution in [3.63, 3.8) is 0 Å². The quantitative estimate of drug-likeness (QED) is 0.615. The first-order valence-electron chi connectivity index (χ1n) is 1.51. The first-order valence-corrected chi connectivity index (χ1v) is 12.4. The van der Waals surface area contributed by atoms with Crippen LogP contribution in [0.5, 0.6) is 0 Å². The zero-order valence-electron chi connectivity index (χ0n) is 4.38. The molecule has 0 rings (SSSR count). The van der Waals surface area contributed by atoms with E-state index < -0.39 is 15.5 Å². The molecule has 0 amide bonds. The first kappa shape index (κ1) is 5.66. The summed E-state index contributed by atoms with van der Waals surface area (Å²) in [5, 5.41) is 9.56. The molecule has 0 N–H and O–H groups in total. The Morgan fingerprint density at radius 1 is 0.800 bits per heavy atom. The Labute approximate surface area is 37.6 Å². The zero-order valence-corrected chi connectivity index (χ0v) is 7.09. The fraction of sp³-hybridized carbons (Fsp3) is 1.00. The van der Waals surface area contributed by atoms with Gasteiger partial charge in [-0.1, -0.05) is 0 Å². The van der Waals surface area contributed by atoms with Crippen LogP contribution in [-0.2, 0) is 15.5 Å². The predicted molar refractivity (Wildman–Crippen MR) is 23.5 cm³/mol. The second kappa shape index (κ2) is 1.41. The predicted octanol–water partition coefficient (Wildman–Crippen LogP) is 2.33. The van der Waals surface area contributed by atoms with Gasteiger partial charge in [-0.05, 0) is 0 Å². The molecule has 0 heterocycles. The van der Waals surface area contributed by atoms with Crippen LogP contribution in [0, 0.1) is 0 Å². The maximum absolute atomic E-state index is 2.39. The monoisotopic (exact) mass is 247 g/mol. The number of hydrogen-bond donors (Lipinski definition) is 0. The molecule has 0 radical (unpaired) electrons. The summed E-state index contributed by atoms with van der Waals surface area (Å²) in [5.41, 5.74) is 0. The van der Waals surface area contributed by atoms with E-state index in [1.165, 1.54) is 0 Å². The van der Waals surface area contributed by atoms with Crippen molar-refractivity contribution in [1.82, 2.24) is 0 Å². The Hall–Kier alpha value is 0.662. The average molecular weight is 246 g/mol.